The summed E-state index contributed by atoms with van der Waals surface area (Å²) in [7, 11) is 1.21. The minimum Gasteiger partial charge on any atom is -0.543 e. The van der Waals surface area contributed by atoms with E-state index in [4.69, 9.17) is 4.74 Å². The Morgan fingerprint density at radius 3 is 2.57 bits per heavy atom. The number of ether oxygens (including phenoxy) is 2. The Morgan fingerprint density at radius 2 is 2.00 bits per heavy atom. The maximum Gasteiger partial charge on any atom is 1.00 e. The second kappa shape index (κ2) is 7.89. The summed E-state index contributed by atoms with van der Waals surface area (Å²) in [5.74, 6) is -0.278. The molecule has 1 heterocycles. The molecule has 6 nitrogen and oxygen atoms in total. The number of esters is 1. The fraction of sp³-hybridized carbons (Fsp3) is 0.438. The molecule has 23 heavy (non-hydrogen) atoms. The van der Waals surface area contributed by atoms with Gasteiger partial charge in [-0.05, 0) is 30.6 Å². The Morgan fingerprint density at radius 1 is 1.26 bits per heavy atom. The molecule has 3 rings (SSSR count). The third kappa shape index (κ3) is 4.22. The summed E-state index contributed by atoms with van der Waals surface area (Å²) in [6.45, 7) is 0.489. The quantitative estimate of drug-likeness (QED) is 0.344. The summed E-state index contributed by atoms with van der Waals surface area (Å²) in [4.78, 5) is 26.2. The first kappa shape index (κ1) is 18.6. The molecule has 1 aromatic rings. The first-order valence-electron chi connectivity index (χ1n) is 7.19. The first-order chi connectivity index (χ1) is 10.6. The molecule has 1 saturated carbocycles. The van der Waals surface area contributed by atoms with Crippen LogP contribution in [0.4, 0.5) is 0 Å². The molecule has 0 N–H and O–H groups in total. The monoisotopic (exact) mass is 341 g/mol. The zero-order valence-corrected chi connectivity index (χ0v) is 16.3. The average molecular weight is 341 g/mol. The van der Waals surface area contributed by atoms with Crippen LogP contribution in [-0.4, -0.2) is 30.6 Å². The van der Waals surface area contributed by atoms with Crippen molar-refractivity contribution in [2.45, 2.75) is 12.8 Å². The molecular formula is C16H16KNO5. The van der Waals surface area contributed by atoms with Crippen molar-refractivity contribution in [1.82, 2.24) is 4.98 Å². The summed E-state index contributed by atoms with van der Waals surface area (Å²) in [5, 5.41) is 11.0. The van der Waals surface area contributed by atoms with Gasteiger partial charge in [-0.1, -0.05) is 12.2 Å². The largest absolute Gasteiger partial charge is 1.00 e. The van der Waals surface area contributed by atoms with E-state index in [0.29, 0.717) is 30.1 Å². The molecule has 2 aliphatic rings. The molecule has 0 aromatic carbocycles. The molecule has 0 aliphatic heterocycles. The number of aromatic nitrogens is 1. The molecule has 3 atom stereocenters. The van der Waals surface area contributed by atoms with E-state index in [1.54, 1.807) is 0 Å². The summed E-state index contributed by atoms with van der Waals surface area (Å²) in [6, 6.07) is 2.66. The predicted octanol–water partition coefficient (Wildman–Crippen LogP) is -2.17. The smallest absolute Gasteiger partial charge is 0.543 e. The molecule has 1 unspecified atom stereocenters. The van der Waals surface area contributed by atoms with E-state index in [2.05, 4.69) is 21.9 Å². The number of aromatic carboxylic acids is 1. The van der Waals surface area contributed by atoms with Gasteiger partial charge in [0.05, 0.1) is 25.4 Å². The van der Waals surface area contributed by atoms with Gasteiger partial charge in [-0.15, -0.1) is 0 Å². The van der Waals surface area contributed by atoms with Crippen LogP contribution in [0.25, 0.3) is 0 Å². The SMILES string of the molecule is COC(=O)c1cc(OCC2C[C@H]3C=C[C@@H]2C3)cc(C(=O)[O-])n1.[K+]. The van der Waals surface area contributed by atoms with Gasteiger partial charge in [0.2, 0.25) is 0 Å². The molecule has 7 heteroatoms. The number of pyridine rings is 1. The minimum absolute atomic E-state index is 0. The third-order valence-corrected chi connectivity index (χ3v) is 4.28. The van der Waals surface area contributed by atoms with Crippen molar-refractivity contribution in [3.63, 3.8) is 0 Å². The Bertz CT molecular complexity index is 645. The fourth-order valence-electron chi connectivity index (χ4n) is 3.19. The van der Waals surface area contributed by atoms with E-state index >= 15 is 0 Å². The van der Waals surface area contributed by atoms with Gasteiger partial charge in [0.1, 0.15) is 5.75 Å². The van der Waals surface area contributed by atoms with Crippen LogP contribution in [0.1, 0.15) is 33.8 Å². The Balaban J connectivity index is 0.00000192. The van der Waals surface area contributed by atoms with Crippen LogP contribution in [0.2, 0.25) is 0 Å². The van der Waals surface area contributed by atoms with Crippen LogP contribution in [0, 0.1) is 17.8 Å². The van der Waals surface area contributed by atoms with E-state index in [1.807, 2.05) is 0 Å². The van der Waals surface area contributed by atoms with Crippen LogP contribution in [0.5, 0.6) is 5.75 Å². The number of hydrogen-bond acceptors (Lipinski definition) is 6. The molecule has 1 fully saturated rings. The maximum absolute atomic E-state index is 11.5. The van der Waals surface area contributed by atoms with Crippen LogP contribution in [0.3, 0.4) is 0 Å². The molecule has 1 aromatic heterocycles. The van der Waals surface area contributed by atoms with Crippen molar-refractivity contribution in [2.24, 2.45) is 17.8 Å². The van der Waals surface area contributed by atoms with Crippen molar-refractivity contribution < 1.29 is 75.6 Å². The molecular weight excluding hydrogens is 325 g/mol. The van der Waals surface area contributed by atoms with Gasteiger partial charge in [0.25, 0.3) is 0 Å². The maximum atomic E-state index is 11.5. The van der Waals surface area contributed by atoms with Gasteiger partial charge in [-0.2, -0.15) is 0 Å². The number of hydrogen-bond donors (Lipinski definition) is 0. The minimum atomic E-state index is -1.46. The van der Waals surface area contributed by atoms with Crippen molar-refractivity contribution in [3.05, 3.63) is 35.7 Å². The number of carbonyl (C=O) groups excluding carboxylic acids is 2. The van der Waals surface area contributed by atoms with Gasteiger partial charge in [0, 0.05) is 12.1 Å². The second-order valence-corrected chi connectivity index (χ2v) is 5.70. The number of methoxy groups -OCH3 is 1. The summed E-state index contributed by atoms with van der Waals surface area (Å²) in [6.07, 6.45) is 6.73. The molecule has 2 bridgehead atoms. The number of carboxylic acids is 1. The standard InChI is InChI=1S/C16H17NO5.K/c1-21-16(20)14-7-12(6-13(17-14)15(18)19)22-8-11-5-9-2-3-10(11)4-9;/h2-3,6-7,9-11H,4-5,8H2,1H3,(H,18,19);/q;+1/p-1/t9-,10+,11?;/m0./s1. The number of nitrogens with zero attached hydrogens (tertiary/aromatic N) is 1. The second-order valence-electron chi connectivity index (χ2n) is 5.70. The van der Waals surface area contributed by atoms with Gasteiger partial charge in [-0.25, -0.2) is 9.78 Å². The van der Waals surface area contributed by atoms with Crippen molar-refractivity contribution in [3.8, 4) is 5.75 Å². The van der Waals surface area contributed by atoms with Gasteiger partial charge < -0.3 is 19.4 Å². The number of fused-ring (bicyclic) bond motifs is 2. The van der Waals surface area contributed by atoms with Crippen molar-refractivity contribution in [2.75, 3.05) is 13.7 Å². The van der Waals surface area contributed by atoms with Gasteiger partial charge in [-0.3, -0.25) is 0 Å². The Hall–Kier alpha value is -0.734. The summed E-state index contributed by atoms with van der Waals surface area (Å²) in [5.41, 5.74) is -0.447. The van der Waals surface area contributed by atoms with E-state index in [1.165, 1.54) is 25.7 Å². The summed E-state index contributed by atoms with van der Waals surface area (Å²) < 4.78 is 10.3. The van der Waals surface area contributed by atoms with Gasteiger partial charge >= 0.3 is 57.4 Å². The molecule has 0 spiro atoms. The third-order valence-electron chi connectivity index (χ3n) is 4.28. The van der Waals surface area contributed by atoms with Crippen LogP contribution in [-0.2, 0) is 4.74 Å². The zero-order valence-electron chi connectivity index (χ0n) is 13.2. The average Bonchev–Trinajstić information content (AvgIpc) is 3.14. The number of carboxylic acid groups (broad SMARTS) is 1. The molecule has 0 saturated heterocycles. The van der Waals surface area contributed by atoms with Gasteiger partial charge in [0.15, 0.2) is 5.69 Å². The van der Waals surface area contributed by atoms with E-state index in [-0.39, 0.29) is 62.8 Å². The topological polar surface area (TPSA) is 88.5 Å². The number of rotatable bonds is 5. The van der Waals surface area contributed by atoms with Crippen LogP contribution >= 0.6 is 0 Å². The first-order valence-corrected chi connectivity index (χ1v) is 7.19. The Labute approximate surface area is 176 Å². The molecule has 0 amide bonds. The number of allylic oxidation sites excluding steroid dienone is 2. The molecule has 116 valence electrons. The Kier molecular flexibility index (Phi) is 6.38. The van der Waals surface area contributed by atoms with E-state index in [0.717, 1.165) is 6.42 Å². The normalized spacial score (nSPS) is 24.1. The fourth-order valence-corrected chi connectivity index (χ4v) is 3.19. The zero-order chi connectivity index (χ0) is 15.7. The van der Waals surface area contributed by atoms with Crippen molar-refractivity contribution >= 4 is 11.9 Å². The van der Waals surface area contributed by atoms with Crippen LogP contribution in [0.15, 0.2) is 24.3 Å². The molecule has 0 radical (unpaired) electrons. The predicted molar refractivity (Wildman–Crippen MR) is 74.2 cm³/mol. The van der Waals surface area contributed by atoms with Crippen molar-refractivity contribution in [1.29, 1.82) is 0 Å². The summed E-state index contributed by atoms with van der Waals surface area (Å²) >= 11 is 0. The van der Waals surface area contributed by atoms with E-state index < -0.39 is 11.9 Å². The number of carbonyl (C=O) groups is 2. The van der Waals surface area contributed by atoms with Crippen LogP contribution < -0.4 is 61.2 Å². The molecule has 2 aliphatic carbocycles. The van der Waals surface area contributed by atoms with E-state index in [9.17, 15) is 14.7 Å².